The minimum atomic E-state index is -0.949. The Balaban J connectivity index is 3.98. The number of esters is 2. The Morgan fingerprint density at radius 1 is 1.38 bits per heavy atom. The van der Waals surface area contributed by atoms with Crippen LogP contribution < -0.4 is 11.5 Å². The first kappa shape index (κ1) is 11.9. The van der Waals surface area contributed by atoms with Gasteiger partial charge in [0.1, 0.15) is 6.04 Å². The van der Waals surface area contributed by atoms with Gasteiger partial charge < -0.3 is 20.9 Å². The monoisotopic (exact) mass is 190 g/mol. The molecule has 76 valence electrons. The molecule has 0 saturated heterocycles. The van der Waals surface area contributed by atoms with Crippen molar-refractivity contribution in [1.82, 2.24) is 0 Å². The van der Waals surface area contributed by atoms with Crippen LogP contribution in [0.5, 0.6) is 0 Å². The third-order valence-corrected chi connectivity index (χ3v) is 1.38. The predicted octanol–water partition coefficient (Wildman–Crippen LogP) is -1.62. The molecule has 0 spiro atoms. The third-order valence-electron chi connectivity index (χ3n) is 1.38. The van der Waals surface area contributed by atoms with Gasteiger partial charge in [-0.25, -0.2) is 4.79 Å². The lowest BCUT2D eigenvalue weighted by molar-refractivity contribution is -0.165. The molecule has 0 bridgehead atoms. The minimum absolute atomic E-state index is 0.0211. The molecule has 0 aromatic carbocycles. The van der Waals surface area contributed by atoms with Crippen LogP contribution in [-0.4, -0.2) is 37.7 Å². The van der Waals surface area contributed by atoms with E-state index < -0.39 is 24.1 Å². The molecule has 0 aliphatic carbocycles. The molecule has 0 radical (unpaired) electrons. The molecule has 0 aromatic rings. The van der Waals surface area contributed by atoms with Crippen LogP contribution in [0, 0.1) is 0 Å². The maximum absolute atomic E-state index is 11.0. The second-order valence-electron chi connectivity index (χ2n) is 2.44. The van der Waals surface area contributed by atoms with E-state index in [2.05, 4.69) is 9.47 Å². The zero-order valence-corrected chi connectivity index (χ0v) is 7.65. The summed E-state index contributed by atoms with van der Waals surface area (Å²) >= 11 is 0. The molecule has 2 atom stereocenters. The molecule has 0 heterocycles. The molecule has 13 heavy (non-hydrogen) atoms. The molecular weight excluding hydrogens is 176 g/mol. The quantitative estimate of drug-likeness (QED) is 0.516. The van der Waals surface area contributed by atoms with Crippen molar-refractivity contribution in [2.24, 2.45) is 11.5 Å². The van der Waals surface area contributed by atoms with Gasteiger partial charge >= 0.3 is 11.9 Å². The average Bonchev–Trinajstić information content (AvgIpc) is 2.14. The van der Waals surface area contributed by atoms with Gasteiger partial charge in [-0.3, -0.25) is 4.79 Å². The van der Waals surface area contributed by atoms with Crippen LogP contribution in [-0.2, 0) is 19.1 Å². The summed E-state index contributed by atoms with van der Waals surface area (Å²) < 4.78 is 8.98. The maximum atomic E-state index is 11.0. The molecular formula is C7H14N2O4. The predicted molar refractivity (Wildman–Crippen MR) is 44.6 cm³/mol. The number of carbonyl (C=O) groups is 2. The van der Waals surface area contributed by atoms with E-state index in [4.69, 9.17) is 11.5 Å². The van der Waals surface area contributed by atoms with Crippen molar-refractivity contribution < 1.29 is 19.1 Å². The van der Waals surface area contributed by atoms with Crippen LogP contribution in [0.4, 0.5) is 0 Å². The Labute approximate surface area is 76.2 Å². The zero-order valence-electron chi connectivity index (χ0n) is 7.65. The number of ether oxygens (including phenoxy) is 2. The summed E-state index contributed by atoms with van der Waals surface area (Å²) in [4.78, 5) is 21.8. The van der Waals surface area contributed by atoms with Gasteiger partial charge in [0, 0.05) is 6.54 Å². The van der Waals surface area contributed by atoms with E-state index in [-0.39, 0.29) is 6.54 Å². The molecule has 0 rings (SSSR count). The highest BCUT2D eigenvalue weighted by molar-refractivity contribution is 5.81. The van der Waals surface area contributed by atoms with Crippen molar-refractivity contribution in [3.63, 3.8) is 0 Å². The van der Waals surface area contributed by atoms with E-state index in [1.165, 1.54) is 14.0 Å². The Hall–Kier alpha value is -1.14. The molecule has 0 amide bonds. The van der Waals surface area contributed by atoms with E-state index in [1.54, 1.807) is 0 Å². The highest BCUT2D eigenvalue weighted by Gasteiger charge is 2.21. The first-order valence-electron chi connectivity index (χ1n) is 3.76. The van der Waals surface area contributed by atoms with Gasteiger partial charge in [-0.15, -0.1) is 0 Å². The minimum Gasteiger partial charge on any atom is -0.466 e. The standard InChI is InChI=1S/C7H14N2O4/c1-4(6(10)12-2)13-7(11)5(9)3-8/h4-5H,3,8-9H2,1-2H3/t4-,5-/m0/s1. The Morgan fingerprint density at radius 3 is 2.31 bits per heavy atom. The number of hydrogen-bond acceptors (Lipinski definition) is 6. The fourth-order valence-electron chi connectivity index (χ4n) is 0.572. The normalized spacial score (nSPS) is 14.5. The van der Waals surface area contributed by atoms with Gasteiger partial charge in [-0.05, 0) is 6.92 Å². The molecule has 4 N–H and O–H groups in total. The lowest BCUT2D eigenvalue weighted by Crippen LogP contribution is -2.41. The van der Waals surface area contributed by atoms with E-state index >= 15 is 0 Å². The van der Waals surface area contributed by atoms with Crippen LogP contribution in [0.3, 0.4) is 0 Å². The topological polar surface area (TPSA) is 105 Å². The van der Waals surface area contributed by atoms with Crippen molar-refractivity contribution in [2.75, 3.05) is 13.7 Å². The first-order valence-corrected chi connectivity index (χ1v) is 3.76. The molecule has 6 heteroatoms. The summed E-state index contributed by atoms with van der Waals surface area (Å²) in [5, 5.41) is 0. The van der Waals surface area contributed by atoms with Crippen LogP contribution in [0.2, 0.25) is 0 Å². The SMILES string of the molecule is COC(=O)[C@H](C)OC(=O)[C@@H](N)CN. The van der Waals surface area contributed by atoms with Crippen LogP contribution in [0.1, 0.15) is 6.92 Å². The van der Waals surface area contributed by atoms with Crippen LogP contribution >= 0.6 is 0 Å². The van der Waals surface area contributed by atoms with Gasteiger partial charge in [0.25, 0.3) is 0 Å². The summed E-state index contributed by atoms with van der Waals surface area (Å²) in [5.74, 6) is -1.34. The molecule has 0 saturated carbocycles. The molecule has 6 nitrogen and oxygen atoms in total. The van der Waals surface area contributed by atoms with Crippen molar-refractivity contribution in [2.45, 2.75) is 19.1 Å². The Bertz CT molecular complexity index is 195. The largest absolute Gasteiger partial charge is 0.466 e. The number of nitrogens with two attached hydrogens (primary N) is 2. The van der Waals surface area contributed by atoms with E-state index in [0.29, 0.717) is 0 Å². The average molecular weight is 190 g/mol. The smallest absolute Gasteiger partial charge is 0.346 e. The Morgan fingerprint density at radius 2 is 1.92 bits per heavy atom. The summed E-state index contributed by atoms with van der Waals surface area (Å²) in [6.07, 6.45) is -0.949. The second-order valence-corrected chi connectivity index (χ2v) is 2.44. The number of methoxy groups -OCH3 is 1. The van der Waals surface area contributed by atoms with E-state index in [1.807, 2.05) is 0 Å². The van der Waals surface area contributed by atoms with Gasteiger partial charge in [0.05, 0.1) is 7.11 Å². The highest BCUT2D eigenvalue weighted by Crippen LogP contribution is 1.95. The molecule has 0 aliphatic rings. The van der Waals surface area contributed by atoms with Crippen molar-refractivity contribution in [1.29, 1.82) is 0 Å². The van der Waals surface area contributed by atoms with Gasteiger partial charge in [-0.1, -0.05) is 0 Å². The van der Waals surface area contributed by atoms with Crippen molar-refractivity contribution in [3.8, 4) is 0 Å². The summed E-state index contributed by atoms with van der Waals surface area (Å²) in [5.41, 5.74) is 10.4. The fraction of sp³-hybridized carbons (Fsp3) is 0.714. The summed E-state index contributed by atoms with van der Waals surface area (Å²) in [7, 11) is 1.20. The summed E-state index contributed by atoms with van der Waals surface area (Å²) in [6, 6.07) is -0.896. The van der Waals surface area contributed by atoms with Crippen LogP contribution in [0.25, 0.3) is 0 Å². The highest BCUT2D eigenvalue weighted by atomic mass is 16.6. The third kappa shape index (κ3) is 3.86. The number of hydrogen-bond donors (Lipinski definition) is 2. The van der Waals surface area contributed by atoms with Crippen molar-refractivity contribution in [3.05, 3.63) is 0 Å². The Kier molecular flexibility index (Phi) is 5.01. The van der Waals surface area contributed by atoms with Crippen LogP contribution in [0.15, 0.2) is 0 Å². The maximum Gasteiger partial charge on any atom is 0.346 e. The van der Waals surface area contributed by atoms with Crippen molar-refractivity contribution >= 4 is 11.9 Å². The molecule has 0 aromatic heterocycles. The first-order chi connectivity index (χ1) is 6.02. The zero-order chi connectivity index (χ0) is 10.4. The molecule has 0 fully saturated rings. The van der Waals surface area contributed by atoms with E-state index in [0.717, 1.165) is 0 Å². The lowest BCUT2D eigenvalue weighted by atomic mass is 10.3. The van der Waals surface area contributed by atoms with Gasteiger partial charge in [-0.2, -0.15) is 0 Å². The second kappa shape index (κ2) is 5.50. The number of carbonyl (C=O) groups excluding carboxylic acids is 2. The molecule has 0 aliphatic heterocycles. The molecule has 0 unspecified atom stereocenters. The fourth-order valence-corrected chi connectivity index (χ4v) is 0.572. The lowest BCUT2D eigenvalue weighted by Gasteiger charge is -2.13. The van der Waals surface area contributed by atoms with Gasteiger partial charge in [0.15, 0.2) is 6.10 Å². The van der Waals surface area contributed by atoms with Gasteiger partial charge in [0.2, 0.25) is 0 Å². The van der Waals surface area contributed by atoms with E-state index in [9.17, 15) is 9.59 Å². The number of rotatable bonds is 4. The summed E-state index contributed by atoms with van der Waals surface area (Å²) in [6.45, 7) is 1.37.